The summed E-state index contributed by atoms with van der Waals surface area (Å²) >= 11 is 0. The summed E-state index contributed by atoms with van der Waals surface area (Å²) in [4.78, 5) is 18.9. The molecule has 1 fully saturated rings. The molecule has 1 unspecified atom stereocenters. The van der Waals surface area contributed by atoms with E-state index in [2.05, 4.69) is 31.8 Å². The summed E-state index contributed by atoms with van der Waals surface area (Å²) in [7, 11) is 0. The number of nitrogens with one attached hydrogen (secondary N) is 1. The number of aryl methyl sites for hydroxylation is 1. The maximum absolute atomic E-state index is 4.49. The van der Waals surface area contributed by atoms with E-state index in [1.54, 1.807) is 6.33 Å². The molecule has 2 aromatic rings. The van der Waals surface area contributed by atoms with Crippen molar-refractivity contribution in [2.45, 2.75) is 51.5 Å². The number of H-pyrrole nitrogens is 1. The van der Waals surface area contributed by atoms with Crippen LogP contribution in [0.2, 0.25) is 0 Å². The Morgan fingerprint density at radius 2 is 2.32 bits per heavy atom. The Morgan fingerprint density at radius 1 is 1.36 bits per heavy atom. The lowest BCUT2D eigenvalue weighted by Gasteiger charge is -2.31. The third-order valence-electron chi connectivity index (χ3n) is 4.37. The first-order valence-corrected chi connectivity index (χ1v) is 8.36. The van der Waals surface area contributed by atoms with Gasteiger partial charge in [-0.25, -0.2) is 15.0 Å². The Labute approximate surface area is 132 Å². The lowest BCUT2D eigenvalue weighted by Crippen LogP contribution is -2.34. The predicted octanol–water partition coefficient (Wildman–Crippen LogP) is 2.92. The van der Waals surface area contributed by atoms with Crippen molar-refractivity contribution in [1.82, 2.24) is 24.8 Å². The molecule has 0 saturated carbocycles. The quantitative estimate of drug-likeness (QED) is 0.891. The Balaban J connectivity index is 1.57. The summed E-state index contributed by atoms with van der Waals surface area (Å²) in [5, 5.41) is 0. The van der Waals surface area contributed by atoms with Crippen molar-refractivity contribution in [2.24, 2.45) is 0 Å². The second-order valence-corrected chi connectivity index (χ2v) is 6.17. The third-order valence-corrected chi connectivity index (χ3v) is 4.37. The molecule has 3 heterocycles. The van der Waals surface area contributed by atoms with Crippen molar-refractivity contribution in [2.75, 3.05) is 13.1 Å². The molecule has 5 nitrogen and oxygen atoms in total. The van der Waals surface area contributed by atoms with Gasteiger partial charge in [0.2, 0.25) is 0 Å². The largest absolute Gasteiger partial charge is 0.345 e. The molecule has 0 bridgehead atoms. The van der Waals surface area contributed by atoms with E-state index >= 15 is 0 Å². The number of unbranched alkanes of at least 4 members (excludes halogenated alkanes) is 1. The fourth-order valence-corrected chi connectivity index (χ4v) is 3.18. The Hall–Kier alpha value is -1.75. The van der Waals surface area contributed by atoms with Crippen molar-refractivity contribution in [3.63, 3.8) is 0 Å². The second kappa shape index (κ2) is 7.49. The number of hydrogen-bond donors (Lipinski definition) is 1. The average molecular weight is 299 g/mol. The van der Waals surface area contributed by atoms with Crippen LogP contribution in [0.25, 0.3) is 0 Å². The van der Waals surface area contributed by atoms with E-state index < -0.39 is 0 Å². The molecule has 22 heavy (non-hydrogen) atoms. The zero-order valence-electron chi connectivity index (χ0n) is 13.3. The minimum atomic E-state index is 0.527. The van der Waals surface area contributed by atoms with E-state index in [1.165, 1.54) is 37.1 Å². The molecule has 3 rings (SSSR count). The van der Waals surface area contributed by atoms with Gasteiger partial charge in [0.05, 0.1) is 0 Å². The molecular weight excluding hydrogens is 274 g/mol. The van der Waals surface area contributed by atoms with E-state index in [-0.39, 0.29) is 0 Å². The first-order chi connectivity index (χ1) is 10.8. The van der Waals surface area contributed by atoms with E-state index in [0.717, 1.165) is 31.9 Å². The molecule has 2 aromatic heterocycles. The highest BCUT2D eigenvalue weighted by Crippen LogP contribution is 2.25. The van der Waals surface area contributed by atoms with Crippen LogP contribution in [-0.4, -0.2) is 37.9 Å². The number of aromatic nitrogens is 4. The molecule has 0 aromatic carbocycles. The molecule has 0 aliphatic carbocycles. The Kier molecular flexibility index (Phi) is 5.16. The molecule has 0 amide bonds. The number of nitrogens with zero attached hydrogens (tertiary/aromatic N) is 4. The Bertz CT molecular complexity index is 565. The Morgan fingerprint density at radius 3 is 3.14 bits per heavy atom. The number of aromatic amines is 1. The van der Waals surface area contributed by atoms with Gasteiger partial charge in [-0.3, -0.25) is 4.90 Å². The summed E-state index contributed by atoms with van der Waals surface area (Å²) in [6.45, 7) is 5.40. The van der Waals surface area contributed by atoms with Crippen molar-refractivity contribution in [3.8, 4) is 0 Å². The van der Waals surface area contributed by atoms with Gasteiger partial charge in [-0.05, 0) is 31.9 Å². The van der Waals surface area contributed by atoms with Crippen molar-refractivity contribution in [3.05, 3.63) is 42.0 Å². The summed E-state index contributed by atoms with van der Waals surface area (Å²) in [5.74, 6) is 1.65. The van der Waals surface area contributed by atoms with Gasteiger partial charge in [-0.2, -0.15) is 0 Å². The van der Waals surface area contributed by atoms with Gasteiger partial charge >= 0.3 is 0 Å². The van der Waals surface area contributed by atoms with Crippen molar-refractivity contribution in [1.29, 1.82) is 0 Å². The normalized spacial score (nSPS) is 19.4. The van der Waals surface area contributed by atoms with Crippen LogP contribution in [0.3, 0.4) is 0 Å². The van der Waals surface area contributed by atoms with Gasteiger partial charge in [0, 0.05) is 49.2 Å². The van der Waals surface area contributed by atoms with Crippen LogP contribution in [0, 0.1) is 0 Å². The van der Waals surface area contributed by atoms with Gasteiger partial charge in [0.25, 0.3) is 0 Å². The van der Waals surface area contributed by atoms with Crippen LogP contribution in [0.15, 0.2) is 24.8 Å². The molecular formula is C17H25N5. The standard InChI is InChI=1S/C17H25N5/c1-2-3-6-17-19-10-15(21-17)12-22-9-4-5-14(11-22)16-7-8-18-13-20-16/h7-8,10,13-14H,2-6,9,11-12H2,1H3,(H,19,21). The fraction of sp³-hybridized carbons (Fsp3) is 0.588. The molecule has 1 aliphatic rings. The van der Waals surface area contributed by atoms with Crippen molar-refractivity contribution < 1.29 is 0 Å². The number of rotatable bonds is 6. The lowest BCUT2D eigenvalue weighted by molar-refractivity contribution is 0.196. The molecule has 5 heteroatoms. The van der Waals surface area contributed by atoms with E-state index in [4.69, 9.17) is 0 Å². The minimum Gasteiger partial charge on any atom is -0.345 e. The van der Waals surface area contributed by atoms with Crippen LogP contribution < -0.4 is 0 Å². The molecule has 0 radical (unpaired) electrons. The zero-order valence-corrected chi connectivity index (χ0v) is 13.3. The molecule has 1 atom stereocenters. The molecule has 1 saturated heterocycles. The second-order valence-electron chi connectivity index (χ2n) is 6.17. The number of piperidine rings is 1. The van der Waals surface area contributed by atoms with Gasteiger partial charge < -0.3 is 4.98 Å². The van der Waals surface area contributed by atoms with E-state index in [9.17, 15) is 0 Å². The maximum atomic E-state index is 4.49. The van der Waals surface area contributed by atoms with Gasteiger partial charge in [0.1, 0.15) is 12.2 Å². The SMILES string of the molecule is CCCCc1ncc(CN2CCCC(c3ccncn3)C2)[nH]1. The first-order valence-electron chi connectivity index (χ1n) is 8.36. The van der Waals surface area contributed by atoms with Crippen LogP contribution in [0.5, 0.6) is 0 Å². The van der Waals surface area contributed by atoms with Gasteiger partial charge in [-0.1, -0.05) is 13.3 Å². The minimum absolute atomic E-state index is 0.527. The van der Waals surface area contributed by atoms with E-state index in [0.29, 0.717) is 5.92 Å². The topological polar surface area (TPSA) is 57.7 Å². The van der Waals surface area contributed by atoms with Gasteiger partial charge in [-0.15, -0.1) is 0 Å². The molecule has 0 spiro atoms. The van der Waals surface area contributed by atoms with Crippen molar-refractivity contribution >= 4 is 0 Å². The predicted molar refractivity (Wildman–Crippen MR) is 86.5 cm³/mol. The third kappa shape index (κ3) is 3.91. The number of likely N-dealkylation sites (tertiary alicyclic amines) is 1. The lowest BCUT2D eigenvalue weighted by atomic mass is 9.94. The highest BCUT2D eigenvalue weighted by Gasteiger charge is 2.22. The van der Waals surface area contributed by atoms with Crippen LogP contribution in [0.1, 0.15) is 55.7 Å². The number of hydrogen-bond acceptors (Lipinski definition) is 4. The fourth-order valence-electron chi connectivity index (χ4n) is 3.18. The number of imidazole rings is 1. The highest BCUT2D eigenvalue weighted by atomic mass is 15.1. The molecule has 1 aliphatic heterocycles. The smallest absolute Gasteiger partial charge is 0.115 e. The molecule has 118 valence electrons. The monoisotopic (exact) mass is 299 g/mol. The average Bonchev–Trinajstić information content (AvgIpc) is 3.01. The first kappa shape index (κ1) is 15.2. The maximum Gasteiger partial charge on any atom is 0.115 e. The summed E-state index contributed by atoms with van der Waals surface area (Å²) < 4.78 is 0. The molecule has 1 N–H and O–H groups in total. The van der Waals surface area contributed by atoms with Crippen LogP contribution in [-0.2, 0) is 13.0 Å². The summed E-state index contributed by atoms with van der Waals surface area (Å²) in [6, 6.07) is 2.05. The zero-order chi connectivity index (χ0) is 15.2. The summed E-state index contributed by atoms with van der Waals surface area (Å²) in [5.41, 5.74) is 2.40. The highest BCUT2D eigenvalue weighted by molar-refractivity contribution is 5.08. The van der Waals surface area contributed by atoms with E-state index in [1.807, 2.05) is 18.5 Å². The van der Waals surface area contributed by atoms with Gasteiger partial charge in [0.15, 0.2) is 0 Å². The van der Waals surface area contributed by atoms with Crippen LogP contribution in [0.4, 0.5) is 0 Å². The summed E-state index contributed by atoms with van der Waals surface area (Å²) in [6.07, 6.45) is 11.4. The van der Waals surface area contributed by atoms with Crippen LogP contribution >= 0.6 is 0 Å².